The molecule has 2 fully saturated rings. The zero-order valence-electron chi connectivity index (χ0n) is 21.4. The van der Waals surface area contributed by atoms with Crippen molar-refractivity contribution in [1.82, 2.24) is 10.2 Å². The first-order valence-electron chi connectivity index (χ1n) is 13.4. The van der Waals surface area contributed by atoms with Crippen LogP contribution < -0.4 is 10.2 Å². The average molecular weight is 530 g/mol. The Kier molecular flexibility index (Phi) is 6.95. The summed E-state index contributed by atoms with van der Waals surface area (Å²) in [5.41, 5.74) is 4.25. The van der Waals surface area contributed by atoms with Crippen LogP contribution in [0.1, 0.15) is 45.8 Å². The van der Waals surface area contributed by atoms with Gasteiger partial charge in [0.05, 0.1) is 25.2 Å². The highest BCUT2D eigenvalue weighted by Crippen LogP contribution is 2.66. The highest BCUT2D eigenvalue weighted by Gasteiger charge is 2.67. The van der Waals surface area contributed by atoms with Crippen molar-refractivity contribution in [2.24, 2.45) is 0 Å². The molecule has 1 saturated heterocycles. The van der Waals surface area contributed by atoms with Crippen LogP contribution in [0.3, 0.4) is 0 Å². The van der Waals surface area contributed by atoms with E-state index in [-0.39, 0.29) is 17.7 Å². The van der Waals surface area contributed by atoms with E-state index in [1.165, 1.54) is 0 Å². The number of rotatable bonds is 8. The molecule has 6 nitrogen and oxygen atoms in total. The summed E-state index contributed by atoms with van der Waals surface area (Å²) in [6.07, 6.45) is 1.70. The molecule has 38 heavy (non-hydrogen) atoms. The zero-order valence-corrected chi connectivity index (χ0v) is 22.1. The maximum atomic E-state index is 13.9. The highest BCUT2D eigenvalue weighted by molar-refractivity contribution is 6.30. The molecule has 1 N–H and O–H groups in total. The topological polar surface area (TPSA) is 61.9 Å². The molecule has 7 heteroatoms. The molecule has 2 aliphatic heterocycles. The van der Waals surface area contributed by atoms with Crippen LogP contribution >= 0.6 is 11.6 Å². The van der Waals surface area contributed by atoms with Crippen LogP contribution in [0.5, 0.6) is 0 Å². The summed E-state index contributed by atoms with van der Waals surface area (Å²) in [4.78, 5) is 31.0. The Bertz CT molecular complexity index is 1340. The molecule has 2 atom stereocenters. The Morgan fingerprint density at radius 3 is 2.63 bits per heavy atom. The van der Waals surface area contributed by atoms with Crippen LogP contribution in [0, 0.1) is 0 Å². The minimum Gasteiger partial charge on any atom is -0.379 e. The number of fused-ring (bicyclic) bond motifs is 2. The van der Waals surface area contributed by atoms with Gasteiger partial charge in [-0.15, -0.1) is 0 Å². The Labute approximate surface area is 228 Å². The van der Waals surface area contributed by atoms with Gasteiger partial charge in [-0.05, 0) is 66.4 Å². The number of morpholine rings is 1. The number of nitrogens with zero attached hydrogens (tertiary/aromatic N) is 2. The summed E-state index contributed by atoms with van der Waals surface area (Å²) in [7, 11) is 0. The fourth-order valence-corrected chi connectivity index (χ4v) is 6.15. The van der Waals surface area contributed by atoms with Crippen molar-refractivity contribution in [3.63, 3.8) is 0 Å². The van der Waals surface area contributed by atoms with Gasteiger partial charge in [-0.2, -0.15) is 0 Å². The van der Waals surface area contributed by atoms with E-state index < -0.39 is 5.41 Å². The van der Waals surface area contributed by atoms with Crippen molar-refractivity contribution in [2.75, 3.05) is 44.3 Å². The molecule has 3 aliphatic rings. The van der Waals surface area contributed by atoms with Gasteiger partial charge in [-0.3, -0.25) is 14.5 Å². The number of hydrogen-bond donors (Lipinski definition) is 1. The minimum absolute atomic E-state index is 0.0801. The summed E-state index contributed by atoms with van der Waals surface area (Å²) in [6, 6.07) is 23.6. The number of carbonyl (C=O) groups is 2. The second-order valence-corrected chi connectivity index (χ2v) is 10.9. The molecule has 0 radical (unpaired) electrons. The molecule has 2 heterocycles. The third-order valence-corrected chi connectivity index (χ3v) is 8.36. The van der Waals surface area contributed by atoms with Gasteiger partial charge in [-0.25, -0.2) is 0 Å². The van der Waals surface area contributed by atoms with Crippen LogP contribution in [-0.2, 0) is 21.5 Å². The largest absolute Gasteiger partial charge is 0.379 e. The molecule has 3 aromatic carbocycles. The molecule has 6 rings (SSSR count). The first-order valence-corrected chi connectivity index (χ1v) is 13.8. The monoisotopic (exact) mass is 529 g/mol. The van der Waals surface area contributed by atoms with Crippen LogP contribution in [-0.4, -0.2) is 56.1 Å². The number of nitrogens with one attached hydrogen (secondary N) is 1. The van der Waals surface area contributed by atoms with E-state index in [1.807, 2.05) is 71.6 Å². The Hall–Kier alpha value is -3.19. The normalized spacial score (nSPS) is 22.5. The second kappa shape index (κ2) is 10.5. The molecule has 1 aliphatic carbocycles. The van der Waals surface area contributed by atoms with Crippen LogP contribution in [0.2, 0.25) is 5.02 Å². The van der Waals surface area contributed by atoms with Gasteiger partial charge in [0.15, 0.2) is 0 Å². The van der Waals surface area contributed by atoms with E-state index in [4.69, 9.17) is 16.3 Å². The van der Waals surface area contributed by atoms with Gasteiger partial charge in [0.1, 0.15) is 0 Å². The quantitative estimate of drug-likeness (QED) is 0.427. The molecule has 0 aromatic heterocycles. The summed E-state index contributed by atoms with van der Waals surface area (Å²) in [5, 5.41) is 3.75. The molecular weight excluding hydrogens is 498 g/mol. The van der Waals surface area contributed by atoms with Gasteiger partial charge in [0.2, 0.25) is 5.91 Å². The number of halogens is 1. The molecular formula is C31H32ClN3O3. The predicted octanol–water partition coefficient (Wildman–Crippen LogP) is 4.76. The van der Waals surface area contributed by atoms with E-state index in [1.54, 1.807) is 0 Å². The predicted molar refractivity (Wildman–Crippen MR) is 149 cm³/mol. The summed E-state index contributed by atoms with van der Waals surface area (Å²) in [6.45, 7) is 5.50. The third-order valence-electron chi connectivity index (χ3n) is 8.11. The standard InChI is InChI=1S/C31H32ClN3O3/c32-25-11-9-23(10-12-25)27-20-31(27)26-7-1-2-8-28(26)35(30(31)37)21-22-5-3-6-24(19-22)29(36)33-13-4-14-34-15-17-38-18-16-34/h1-3,5-12,19,27H,4,13-18,20-21H2,(H,33,36)/t27?,31-/m1/s1. The maximum absolute atomic E-state index is 13.9. The minimum atomic E-state index is -0.514. The van der Waals surface area contributed by atoms with Crippen molar-refractivity contribution in [1.29, 1.82) is 0 Å². The molecule has 1 saturated carbocycles. The highest BCUT2D eigenvalue weighted by atomic mass is 35.5. The van der Waals surface area contributed by atoms with E-state index >= 15 is 0 Å². The fourth-order valence-electron chi connectivity index (χ4n) is 6.03. The molecule has 196 valence electrons. The molecule has 1 unspecified atom stereocenters. The first kappa shape index (κ1) is 25.1. The first-order chi connectivity index (χ1) is 18.6. The maximum Gasteiger partial charge on any atom is 0.251 e. The Morgan fingerprint density at radius 2 is 1.82 bits per heavy atom. The van der Waals surface area contributed by atoms with Gasteiger partial charge in [0.25, 0.3) is 5.91 Å². The summed E-state index contributed by atoms with van der Waals surface area (Å²) < 4.78 is 5.39. The molecule has 3 aromatic rings. The number of ether oxygens (including phenoxy) is 1. The average Bonchev–Trinajstić information content (AvgIpc) is 3.67. The van der Waals surface area contributed by atoms with Crippen molar-refractivity contribution in [2.45, 2.75) is 30.7 Å². The summed E-state index contributed by atoms with van der Waals surface area (Å²) >= 11 is 6.10. The van der Waals surface area contributed by atoms with E-state index in [0.29, 0.717) is 23.7 Å². The van der Waals surface area contributed by atoms with Crippen molar-refractivity contribution in [3.05, 3.63) is 100 Å². The second-order valence-electron chi connectivity index (χ2n) is 10.5. The molecule has 1 spiro atoms. The summed E-state index contributed by atoms with van der Waals surface area (Å²) in [5.74, 6) is 0.202. The molecule has 2 amide bonds. The van der Waals surface area contributed by atoms with Crippen LogP contribution in [0.25, 0.3) is 0 Å². The third kappa shape index (κ3) is 4.73. The van der Waals surface area contributed by atoms with Gasteiger partial charge in [-0.1, -0.05) is 54.1 Å². The zero-order chi connectivity index (χ0) is 26.1. The van der Waals surface area contributed by atoms with E-state index in [0.717, 1.165) is 68.1 Å². The number of hydrogen-bond acceptors (Lipinski definition) is 4. The fraction of sp³-hybridized carbons (Fsp3) is 0.355. The van der Waals surface area contributed by atoms with E-state index in [9.17, 15) is 9.59 Å². The van der Waals surface area contributed by atoms with Crippen molar-refractivity contribution < 1.29 is 14.3 Å². The van der Waals surface area contributed by atoms with Gasteiger partial charge < -0.3 is 15.0 Å². The Morgan fingerprint density at radius 1 is 1.03 bits per heavy atom. The lowest BCUT2D eigenvalue weighted by Crippen LogP contribution is -2.38. The Balaban J connectivity index is 1.13. The van der Waals surface area contributed by atoms with Crippen molar-refractivity contribution >= 4 is 29.1 Å². The van der Waals surface area contributed by atoms with Crippen LogP contribution in [0.15, 0.2) is 72.8 Å². The van der Waals surface area contributed by atoms with Crippen molar-refractivity contribution in [3.8, 4) is 0 Å². The molecule has 0 bridgehead atoms. The number of carbonyl (C=O) groups excluding carboxylic acids is 2. The number of benzene rings is 3. The smallest absolute Gasteiger partial charge is 0.251 e. The lowest BCUT2D eigenvalue weighted by atomic mass is 9.92. The lowest BCUT2D eigenvalue weighted by Gasteiger charge is -2.26. The number of amides is 2. The van der Waals surface area contributed by atoms with Crippen LogP contribution in [0.4, 0.5) is 5.69 Å². The number of anilines is 1. The van der Waals surface area contributed by atoms with E-state index in [2.05, 4.69) is 16.3 Å². The SMILES string of the molecule is O=C(NCCCN1CCOCC1)c1cccc(CN2C(=O)[C@]3(CC3c3ccc(Cl)cc3)c3ccccc32)c1. The van der Waals surface area contributed by atoms with Gasteiger partial charge in [0, 0.05) is 41.8 Å². The van der Waals surface area contributed by atoms with Gasteiger partial charge >= 0.3 is 0 Å². The number of para-hydroxylation sites is 1. The lowest BCUT2D eigenvalue weighted by molar-refractivity contribution is -0.120.